The van der Waals surface area contributed by atoms with Gasteiger partial charge in [0.2, 0.25) is 5.91 Å². The van der Waals surface area contributed by atoms with Crippen molar-refractivity contribution in [3.8, 4) is 16.9 Å². The molecule has 0 aromatic heterocycles. The van der Waals surface area contributed by atoms with Gasteiger partial charge in [-0.2, -0.15) is 0 Å². The minimum absolute atomic E-state index is 0.173. The number of amides is 1. The molecule has 1 heterocycles. The summed E-state index contributed by atoms with van der Waals surface area (Å²) in [6.07, 6.45) is -0.585. The van der Waals surface area contributed by atoms with Gasteiger partial charge in [0.1, 0.15) is 5.75 Å². The SMILES string of the molecule is COC(=O)CCCCOCN1CCCCC1C(=O)Nc1ccc(-c2ccccc2OC(F)(F)F)c(Cl)c1. The Hall–Kier alpha value is -2.82. The van der Waals surface area contributed by atoms with Crippen molar-refractivity contribution in [2.24, 2.45) is 0 Å². The molecule has 2 aromatic rings. The number of likely N-dealkylation sites (tertiary alicyclic amines) is 1. The molecular formula is C26H30ClF3N2O5. The van der Waals surface area contributed by atoms with Crippen molar-refractivity contribution in [2.45, 2.75) is 50.9 Å². The Morgan fingerprint density at radius 3 is 2.62 bits per heavy atom. The number of carbonyl (C=O) groups is 2. The lowest BCUT2D eigenvalue weighted by Gasteiger charge is -2.34. The molecule has 202 valence electrons. The third-order valence-corrected chi connectivity index (χ3v) is 6.27. The topological polar surface area (TPSA) is 77.1 Å². The monoisotopic (exact) mass is 542 g/mol. The number of anilines is 1. The summed E-state index contributed by atoms with van der Waals surface area (Å²) in [5.41, 5.74) is 0.964. The average Bonchev–Trinajstić information content (AvgIpc) is 2.86. The summed E-state index contributed by atoms with van der Waals surface area (Å²) < 4.78 is 52.9. The van der Waals surface area contributed by atoms with Crippen LogP contribution in [0.4, 0.5) is 18.9 Å². The Morgan fingerprint density at radius 1 is 1.11 bits per heavy atom. The second-order valence-electron chi connectivity index (χ2n) is 8.62. The van der Waals surface area contributed by atoms with E-state index in [2.05, 4.69) is 14.8 Å². The molecule has 1 unspecified atom stereocenters. The van der Waals surface area contributed by atoms with Crippen LogP contribution in [0.15, 0.2) is 42.5 Å². The lowest BCUT2D eigenvalue weighted by Crippen LogP contribution is -2.48. The van der Waals surface area contributed by atoms with Crippen LogP contribution in [0.2, 0.25) is 5.02 Å². The van der Waals surface area contributed by atoms with Crippen molar-refractivity contribution in [2.75, 3.05) is 32.3 Å². The summed E-state index contributed by atoms with van der Waals surface area (Å²) in [6.45, 7) is 1.49. The standard InChI is InChI=1S/C26H30ClF3N2O5/c1-35-24(33)11-5-7-15-36-17-32-14-6-4-9-22(32)25(34)31-18-12-13-19(21(27)16-18)20-8-2-3-10-23(20)37-26(28,29)30/h2-3,8,10,12-13,16,22H,4-7,9,11,14-15,17H2,1H3,(H,31,34). The highest BCUT2D eigenvalue weighted by molar-refractivity contribution is 6.33. The number of para-hydroxylation sites is 1. The van der Waals surface area contributed by atoms with Crippen LogP contribution in [-0.2, 0) is 19.1 Å². The summed E-state index contributed by atoms with van der Waals surface area (Å²) in [6, 6.07) is 9.98. The first kappa shape index (κ1) is 28.7. The first-order valence-corrected chi connectivity index (χ1v) is 12.4. The fraction of sp³-hybridized carbons (Fsp3) is 0.462. The molecule has 7 nitrogen and oxygen atoms in total. The molecule has 1 aliphatic rings. The lowest BCUT2D eigenvalue weighted by atomic mass is 10.0. The number of halogens is 4. The number of carbonyl (C=O) groups excluding carboxylic acids is 2. The van der Waals surface area contributed by atoms with Crippen molar-refractivity contribution >= 4 is 29.2 Å². The zero-order chi connectivity index (χ0) is 26.8. The predicted molar refractivity (Wildman–Crippen MR) is 133 cm³/mol. The number of methoxy groups -OCH3 is 1. The maximum atomic E-state index is 13.1. The van der Waals surface area contributed by atoms with Crippen LogP contribution in [0.1, 0.15) is 38.5 Å². The van der Waals surface area contributed by atoms with Crippen molar-refractivity contribution in [1.82, 2.24) is 4.90 Å². The van der Waals surface area contributed by atoms with Crippen LogP contribution in [0.25, 0.3) is 11.1 Å². The summed E-state index contributed by atoms with van der Waals surface area (Å²) in [5.74, 6) is -0.824. The van der Waals surface area contributed by atoms with Gasteiger partial charge in [-0.15, -0.1) is 13.2 Å². The van der Waals surface area contributed by atoms with Crippen LogP contribution in [0, 0.1) is 0 Å². The number of alkyl halides is 3. The number of hydrogen-bond acceptors (Lipinski definition) is 6. The highest BCUT2D eigenvalue weighted by Gasteiger charge is 2.32. The molecule has 1 saturated heterocycles. The van der Waals surface area contributed by atoms with Crippen LogP contribution in [0.5, 0.6) is 5.75 Å². The normalized spacial score (nSPS) is 16.3. The Kier molecular flexibility index (Phi) is 10.6. The number of unbranched alkanes of at least 4 members (excludes halogenated alkanes) is 1. The molecule has 1 N–H and O–H groups in total. The van der Waals surface area contributed by atoms with Crippen molar-refractivity contribution < 1.29 is 37.0 Å². The molecular weight excluding hydrogens is 513 g/mol. The maximum Gasteiger partial charge on any atom is 0.573 e. The zero-order valence-corrected chi connectivity index (χ0v) is 21.2. The van der Waals surface area contributed by atoms with Gasteiger partial charge in [-0.05, 0) is 43.9 Å². The van der Waals surface area contributed by atoms with E-state index in [4.69, 9.17) is 16.3 Å². The third kappa shape index (κ3) is 8.91. The summed E-state index contributed by atoms with van der Waals surface area (Å²) in [5, 5.41) is 3.03. The molecule has 1 amide bonds. The number of rotatable bonds is 11. The van der Waals surface area contributed by atoms with Gasteiger partial charge in [-0.1, -0.05) is 42.3 Å². The van der Waals surface area contributed by atoms with Crippen molar-refractivity contribution in [3.63, 3.8) is 0 Å². The van der Waals surface area contributed by atoms with Gasteiger partial charge in [0, 0.05) is 36.4 Å². The largest absolute Gasteiger partial charge is 0.573 e. The number of ether oxygens (including phenoxy) is 3. The van der Waals surface area contributed by atoms with Gasteiger partial charge in [0.25, 0.3) is 0 Å². The Balaban J connectivity index is 1.60. The van der Waals surface area contributed by atoms with Crippen molar-refractivity contribution in [3.05, 3.63) is 47.5 Å². The quantitative estimate of drug-likeness (QED) is 0.276. The highest BCUT2D eigenvalue weighted by Crippen LogP contribution is 2.38. The van der Waals surface area contributed by atoms with Gasteiger partial charge in [0.15, 0.2) is 0 Å². The molecule has 0 saturated carbocycles. The van der Waals surface area contributed by atoms with Crippen LogP contribution < -0.4 is 10.1 Å². The second kappa shape index (κ2) is 13.6. The fourth-order valence-corrected chi connectivity index (χ4v) is 4.42. The molecule has 2 aromatic carbocycles. The molecule has 11 heteroatoms. The summed E-state index contributed by atoms with van der Waals surface area (Å²) in [7, 11) is 1.36. The van der Waals surface area contributed by atoms with Crippen molar-refractivity contribution in [1.29, 1.82) is 0 Å². The predicted octanol–water partition coefficient (Wildman–Crippen LogP) is 6.02. The molecule has 0 spiro atoms. The van der Waals surface area contributed by atoms with Crippen LogP contribution >= 0.6 is 11.6 Å². The average molecular weight is 543 g/mol. The van der Waals surface area contributed by atoms with E-state index in [1.807, 2.05) is 4.90 Å². The van der Waals surface area contributed by atoms with E-state index >= 15 is 0 Å². The van der Waals surface area contributed by atoms with Crippen LogP contribution in [-0.4, -0.2) is 56.2 Å². The molecule has 1 aliphatic heterocycles. The van der Waals surface area contributed by atoms with Gasteiger partial charge >= 0.3 is 12.3 Å². The molecule has 0 radical (unpaired) electrons. The second-order valence-corrected chi connectivity index (χ2v) is 9.03. The number of hydrogen-bond donors (Lipinski definition) is 1. The van der Waals surface area contributed by atoms with E-state index < -0.39 is 6.36 Å². The van der Waals surface area contributed by atoms with Crippen LogP contribution in [0.3, 0.4) is 0 Å². The zero-order valence-electron chi connectivity index (χ0n) is 20.5. The van der Waals surface area contributed by atoms with E-state index in [1.165, 1.54) is 31.4 Å². The van der Waals surface area contributed by atoms with E-state index in [0.717, 1.165) is 19.4 Å². The third-order valence-electron chi connectivity index (χ3n) is 5.96. The Bertz CT molecular complexity index is 1070. The Labute approximate surface area is 218 Å². The van der Waals surface area contributed by atoms with Gasteiger partial charge in [0.05, 0.1) is 24.9 Å². The number of piperidine rings is 1. The van der Waals surface area contributed by atoms with E-state index in [-0.39, 0.29) is 34.3 Å². The number of esters is 1. The minimum Gasteiger partial charge on any atom is -0.469 e. The van der Waals surface area contributed by atoms with E-state index in [9.17, 15) is 22.8 Å². The smallest absolute Gasteiger partial charge is 0.469 e. The first-order valence-electron chi connectivity index (χ1n) is 12.0. The highest BCUT2D eigenvalue weighted by atomic mass is 35.5. The molecule has 3 rings (SSSR count). The van der Waals surface area contributed by atoms with E-state index in [1.54, 1.807) is 18.2 Å². The number of benzene rings is 2. The fourth-order valence-electron chi connectivity index (χ4n) is 4.14. The van der Waals surface area contributed by atoms with Gasteiger partial charge in [-0.25, -0.2) is 0 Å². The summed E-state index contributed by atoms with van der Waals surface area (Å²) >= 11 is 6.40. The first-order chi connectivity index (χ1) is 17.7. The number of nitrogens with one attached hydrogen (secondary N) is 1. The molecule has 1 atom stereocenters. The number of nitrogens with zero attached hydrogens (tertiary/aromatic N) is 1. The molecule has 37 heavy (non-hydrogen) atoms. The minimum atomic E-state index is -4.84. The molecule has 0 bridgehead atoms. The summed E-state index contributed by atoms with van der Waals surface area (Å²) in [4.78, 5) is 26.2. The van der Waals surface area contributed by atoms with Gasteiger partial charge in [-0.3, -0.25) is 14.5 Å². The van der Waals surface area contributed by atoms with E-state index in [0.29, 0.717) is 50.3 Å². The lowest BCUT2D eigenvalue weighted by molar-refractivity contribution is -0.274. The molecule has 1 fully saturated rings. The van der Waals surface area contributed by atoms with Gasteiger partial charge < -0.3 is 19.5 Å². The Morgan fingerprint density at radius 2 is 1.89 bits per heavy atom. The maximum absolute atomic E-state index is 13.1. The molecule has 0 aliphatic carbocycles.